The van der Waals surface area contributed by atoms with Gasteiger partial charge in [-0.15, -0.1) is 0 Å². The molecular weight excluding hydrogens is 368 g/mol. The van der Waals surface area contributed by atoms with Crippen LogP contribution in [0.2, 0.25) is 0 Å². The Kier molecular flexibility index (Phi) is 6.31. The van der Waals surface area contributed by atoms with Crippen LogP contribution in [0.5, 0.6) is 17.2 Å². The van der Waals surface area contributed by atoms with Gasteiger partial charge in [-0.05, 0) is 24.3 Å². The predicted molar refractivity (Wildman–Crippen MR) is 85.7 cm³/mol. The molecule has 0 aliphatic carbocycles. The molecule has 27 heavy (non-hydrogen) atoms. The number of hydrogen-bond acceptors (Lipinski definition) is 7. The Morgan fingerprint density at radius 2 is 0.963 bits per heavy atom. The summed E-state index contributed by atoms with van der Waals surface area (Å²) in [5.74, 6) is -7.72. The van der Waals surface area contributed by atoms with Crippen LogP contribution in [0.3, 0.4) is 0 Å². The third-order valence-electron chi connectivity index (χ3n) is 3.06. The molecule has 0 fully saturated rings. The average molecular weight is 380 g/mol. The number of phenolic OH excluding ortho intramolecular Hbond substituents is 2. The lowest BCUT2D eigenvalue weighted by atomic mass is 10.1. The summed E-state index contributed by atoms with van der Waals surface area (Å²) in [7, 11) is 0. The van der Waals surface area contributed by atoms with E-state index in [1.807, 2.05) is 0 Å². The quantitative estimate of drug-likeness (QED) is 0.375. The minimum atomic E-state index is -1.49. The van der Waals surface area contributed by atoms with E-state index in [0.29, 0.717) is 12.1 Å². The van der Waals surface area contributed by atoms with Crippen molar-refractivity contribution in [2.45, 2.75) is 0 Å². The molecule has 0 aliphatic rings. The second-order valence-electron chi connectivity index (χ2n) is 4.81. The molecule has 0 aliphatic heterocycles. The molecule has 0 radical (unpaired) electrons. The molecule has 0 saturated carbocycles. The predicted octanol–water partition coefficient (Wildman–Crippen LogP) is 1.28. The highest BCUT2D eigenvalue weighted by Crippen LogP contribution is 2.28. The molecule has 0 heterocycles. The average Bonchev–Trinajstić information content (AvgIpc) is 2.56. The number of aromatic carboxylic acids is 4. The van der Waals surface area contributed by atoms with Crippen molar-refractivity contribution in [3.63, 3.8) is 0 Å². The maximum absolute atomic E-state index is 10.5. The van der Waals surface area contributed by atoms with Gasteiger partial charge in [0.25, 0.3) is 0 Å². The Morgan fingerprint density at radius 3 is 1.26 bits per heavy atom. The second kappa shape index (κ2) is 8.20. The highest BCUT2D eigenvalue weighted by Gasteiger charge is 2.20. The van der Waals surface area contributed by atoms with E-state index in [0.717, 1.165) is 12.1 Å². The second-order valence-corrected chi connectivity index (χ2v) is 4.81. The molecule has 11 nitrogen and oxygen atoms in total. The van der Waals surface area contributed by atoms with E-state index in [9.17, 15) is 19.2 Å². The van der Waals surface area contributed by atoms with Gasteiger partial charge in [-0.1, -0.05) is 6.07 Å². The van der Waals surface area contributed by atoms with Crippen molar-refractivity contribution in [2.24, 2.45) is 0 Å². The third-order valence-corrected chi connectivity index (χ3v) is 3.06. The molecule has 0 aromatic heterocycles. The highest BCUT2D eigenvalue weighted by atomic mass is 16.4. The maximum atomic E-state index is 10.5. The molecule has 2 aromatic carbocycles. The number of aromatic hydroxyl groups is 3. The summed E-state index contributed by atoms with van der Waals surface area (Å²) >= 11 is 0. The molecule has 0 spiro atoms. The van der Waals surface area contributed by atoms with Gasteiger partial charge < -0.3 is 35.7 Å². The van der Waals surface area contributed by atoms with Crippen LogP contribution in [0.15, 0.2) is 30.3 Å². The van der Waals surface area contributed by atoms with Crippen LogP contribution in [-0.2, 0) is 0 Å². The fourth-order valence-corrected chi connectivity index (χ4v) is 1.87. The molecule has 0 amide bonds. The van der Waals surface area contributed by atoms with Crippen LogP contribution >= 0.6 is 0 Å². The topological polar surface area (TPSA) is 210 Å². The summed E-state index contributed by atoms with van der Waals surface area (Å²) < 4.78 is 0. The molecule has 142 valence electrons. The van der Waals surface area contributed by atoms with Gasteiger partial charge in [0.2, 0.25) is 0 Å². The van der Waals surface area contributed by atoms with Gasteiger partial charge in [0.1, 0.15) is 11.3 Å². The summed E-state index contributed by atoms with van der Waals surface area (Å²) in [6, 6.07) is 4.87. The van der Waals surface area contributed by atoms with Crippen LogP contribution in [0.25, 0.3) is 0 Å². The lowest BCUT2D eigenvalue weighted by molar-refractivity contribution is 0.0648. The molecular formula is C16H12O11. The zero-order valence-electron chi connectivity index (χ0n) is 13.2. The van der Waals surface area contributed by atoms with E-state index in [4.69, 9.17) is 35.7 Å². The number of benzene rings is 2. The molecule has 0 unspecified atom stereocenters. The fraction of sp³-hybridized carbons (Fsp3) is 0. The standard InChI is InChI=1S/C8H6O6.C8H6O5/c9-5-1-3(7(11)12)4(8(13)14)2-6(5)10;9-5-3-1-2-4(7(10)11)6(5)8(12)13/h1-2,9-10H,(H,11,12)(H,13,14);1-3,9H,(H,10,11)(H,12,13). The summed E-state index contributed by atoms with van der Waals surface area (Å²) in [5.41, 5.74) is -2.16. The zero-order chi connectivity index (χ0) is 20.9. The van der Waals surface area contributed by atoms with Crippen LogP contribution < -0.4 is 0 Å². The monoisotopic (exact) mass is 380 g/mol. The molecule has 0 saturated heterocycles. The highest BCUT2D eigenvalue weighted by molar-refractivity contribution is 6.03. The van der Waals surface area contributed by atoms with Crippen LogP contribution in [-0.4, -0.2) is 59.6 Å². The Labute approximate surface area is 149 Å². The Balaban J connectivity index is 0.000000271. The smallest absolute Gasteiger partial charge is 0.340 e. The van der Waals surface area contributed by atoms with Gasteiger partial charge in [-0.3, -0.25) is 0 Å². The Morgan fingerprint density at radius 1 is 0.556 bits per heavy atom. The molecule has 0 atom stereocenters. The van der Waals surface area contributed by atoms with Crippen molar-refractivity contribution < 1.29 is 54.9 Å². The third kappa shape index (κ3) is 4.85. The first-order chi connectivity index (χ1) is 12.5. The van der Waals surface area contributed by atoms with E-state index >= 15 is 0 Å². The van der Waals surface area contributed by atoms with E-state index in [1.54, 1.807) is 0 Å². The normalized spacial score (nSPS) is 9.63. The van der Waals surface area contributed by atoms with Crippen LogP contribution in [0, 0.1) is 0 Å². The van der Waals surface area contributed by atoms with Crippen molar-refractivity contribution in [1.29, 1.82) is 0 Å². The molecule has 7 N–H and O–H groups in total. The summed E-state index contributed by atoms with van der Waals surface area (Å²) in [5, 5.41) is 61.2. The summed E-state index contributed by atoms with van der Waals surface area (Å²) in [6.45, 7) is 0. The minimum Gasteiger partial charge on any atom is -0.507 e. The van der Waals surface area contributed by atoms with Gasteiger partial charge in [-0.2, -0.15) is 0 Å². The molecule has 2 aromatic rings. The van der Waals surface area contributed by atoms with E-state index in [1.165, 1.54) is 6.07 Å². The minimum absolute atomic E-state index is 0.424. The number of carboxylic acids is 4. The van der Waals surface area contributed by atoms with Gasteiger partial charge in [0.05, 0.1) is 16.7 Å². The Hall–Kier alpha value is -4.28. The first-order valence-corrected chi connectivity index (χ1v) is 6.78. The van der Waals surface area contributed by atoms with E-state index in [-0.39, 0.29) is 0 Å². The van der Waals surface area contributed by atoms with Crippen LogP contribution in [0.4, 0.5) is 0 Å². The van der Waals surface area contributed by atoms with Gasteiger partial charge >= 0.3 is 23.9 Å². The summed E-state index contributed by atoms with van der Waals surface area (Å²) in [4.78, 5) is 42.1. The largest absolute Gasteiger partial charge is 0.507 e. The lowest BCUT2D eigenvalue weighted by Crippen LogP contribution is -2.07. The molecule has 11 heteroatoms. The van der Waals surface area contributed by atoms with Gasteiger partial charge in [-0.25, -0.2) is 19.2 Å². The van der Waals surface area contributed by atoms with E-state index < -0.39 is 63.4 Å². The van der Waals surface area contributed by atoms with Crippen molar-refractivity contribution in [1.82, 2.24) is 0 Å². The zero-order valence-corrected chi connectivity index (χ0v) is 13.2. The van der Waals surface area contributed by atoms with Crippen LogP contribution in [0.1, 0.15) is 41.4 Å². The van der Waals surface area contributed by atoms with Crippen molar-refractivity contribution in [2.75, 3.05) is 0 Å². The van der Waals surface area contributed by atoms with Crippen molar-refractivity contribution in [3.05, 3.63) is 52.6 Å². The number of hydrogen-bond donors (Lipinski definition) is 7. The molecule has 0 bridgehead atoms. The van der Waals surface area contributed by atoms with Gasteiger partial charge in [0, 0.05) is 0 Å². The number of carboxylic acid groups (broad SMARTS) is 4. The fourth-order valence-electron chi connectivity index (χ4n) is 1.87. The first-order valence-electron chi connectivity index (χ1n) is 6.78. The Bertz CT molecular complexity index is 891. The van der Waals surface area contributed by atoms with Crippen molar-refractivity contribution >= 4 is 23.9 Å². The SMILES string of the molecule is O=C(O)c1cc(O)c(O)cc1C(=O)O.O=C(O)c1cccc(O)c1C(=O)O. The first kappa shape index (κ1) is 20.8. The lowest BCUT2D eigenvalue weighted by Gasteiger charge is -2.03. The number of phenols is 3. The van der Waals surface area contributed by atoms with Crippen molar-refractivity contribution in [3.8, 4) is 17.2 Å². The maximum Gasteiger partial charge on any atom is 0.340 e. The number of carbonyl (C=O) groups is 4. The molecule has 2 rings (SSSR count). The van der Waals surface area contributed by atoms with Gasteiger partial charge in [0.15, 0.2) is 11.5 Å². The summed E-state index contributed by atoms with van der Waals surface area (Å²) in [6.07, 6.45) is 0. The number of rotatable bonds is 4. The van der Waals surface area contributed by atoms with E-state index in [2.05, 4.69) is 0 Å².